The molecule has 0 bridgehead atoms. The third kappa shape index (κ3) is 3.85. The van der Waals surface area contributed by atoms with Crippen LogP contribution in [0.4, 0.5) is 16.2 Å². The molecular weight excluding hydrogens is 262 g/mol. The molecule has 110 valence electrons. The number of hydrogen-bond acceptors (Lipinski definition) is 1. The summed E-state index contributed by atoms with van der Waals surface area (Å²) in [6, 6.07) is 17.0. The van der Waals surface area contributed by atoms with Crippen LogP contribution in [-0.2, 0) is 6.42 Å². The van der Waals surface area contributed by atoms with Crippen LogP contribution in [0, 0.1) is 0 Å². The topological polar surface area (TPSA) is 40.5 Å². The smallest absolute Gasteiger partial charge is 0.416 e. The number of hydrogen-bond donors (Lipinski definition) is 1. The van der Waals surface area contributed by atoms with Gasteiger partial charge in [0.05, 0.1) is 11.4 Å². The number of carbonyl (C=O) groups is 1. The molecule has 0 aliphatic rings. The first kappa shape index (κ1) is 15.1. The maximum absolute atomic E-state index is 11.7. The maximum Gasteiger partial charge on any atom is 0.416 e. The number of rotatable bonds is 6. The summed E-state index contributed by atoms with van der Waals surface area (Å²) in [5.41, 5.74) is 2.51. The number of amides is 1. The second-order valence-corrected chi connectivity index (χ2v) is 5.04. The Morgan fingerprint density at radius 2 is 1.67 bits per heavy atom. The Hall–Kier alpha value is -2.29. The lowest BCUT2D eigenvalue weighted by molar-refractivity contribution is 0.204. The first-order valence-corrected chi connectivity index (χ1v) is 7.40. The van der Waals surface area contributed by atoms with Crippen LogP contribution in [0.2, 0.25) is 0 Å². The third-order valence-electron chi connectivity index (χ3n) is 3.49. The standard InChI is InChI=1S/C18H21NO2/c1-2-3-5-10-15-11-8-9-14-17(15)19(18(20)21)16-12-6-4-7-13-16/h4,6-9,11-14H,2-3,5,10H2,1H3,(H,20,21). The van der Waals surface area contributed by atoms with E-state index in [-0.39, 0.29) is 0 Å². The van der Waals surface area contributed by atoms with Crippen molar-refractivity contribution < 1.29 is 9.90 Å². The summed E-state index contributed by atoms with van der Waals surface area (Å²) < 4.78 is 0. The number of anilines is 2. The first-order chi connectivity index (χ1) is 10.2. The summed E-state index contributed by atoms with van der Waals surface area (Å²) in [7, 11) is 0. The summed E-state index contributed by atoms with van der Waals surface area (Å²) in [5.74, 6) is 0. The van der Waals surface area contributed by atoms with Gasteiger partial charge in [0, 0.05) is 0 Å². The van der Waals surface area contributed by atoms with Gasteiger partial charge in [0.2, 0.25) is 0 Å². The van der Waals surface area contributed by atoms with Crippen LogP contribution < -0.4 is 4.90 Å². The molecule has 0 spiro atoms. The average Bonchev–Trinajstić information content (AvgIpc) is 2.50. The fourth-order valence-corrected chi connectivity index (χ4v) is 2.44. The number of aryl methyl sites for hydroxylation is 1. The summed E-state index contributed by atoms with van der Waals surface area (Å²) in [6.07, 6.45) is 3.34. The van der Waals surface area contributed by atoms with Gasteiger partial charge in [-0.15, -0.1) is 0 Å². The molecule has 0 aliphatic heterocycles. The van der Waals surface area contributed by atoms with E-state index in [1.807, 2.05) is 54.6 Å². The Morgan fingerprint density at radius 3 is 2.33 bits per heavy atom. The van der Waals surface area contributed by atoms with Crippen molar-refractivity contribution in [3.05, 3.63) is 60.2 Å². The van der Waals surface area contributed by atoms with Crippen molar-refractivity contribution in [2.24, 2.45) is 0 Å². The molecular formula is C18H21NO2. The molecule has 0 heterocycles. The van der Waals surface area contributed by atoms with Gasteiger partial charge in [0.15, 0.2) is 0 Å². The van der Waals surface area contributed by atoms with Gasteiger partial charge in [-0.05, 0) is 36.6 Å². The summed E-state index contributed by atoms with van der Waals surface area (Å²) >= 11 is 0. The fourth-order valence-electron chi connectivity index (χ4n) is 2.44. The zero-order valence-corrected chi connectivity index (χ0v) is 12.3. The lowest BCUT2D eigenvalue weighted by Gasteiger charge is -2.22. The van der Waals surface area contributed by atoms with Gasteiger partial charge in [0.1, 0.15) is 0 Å². The fraction of sp³-hybridized carbons (Fsp3) is 0.278. The molecule has 0 saturated heterocycles. The van der Waals surface area contributed by atoms with Gasteiger partial charge in [0.25, 0.3) is 0 Å². The van der Waals surface area contributed by atoms with Crippen LogP contribution in [0.5, 0.6) is 0 Å². The molecule has 3 nitrogen and oxygen atoms in total. The molecule has 2 aromatic rings. The normalized spacial score (nSPS) is 10.3. The molecule has 1 N–H and O–H groups in total. The van der Waals surface area contributed by atoms with Gasteiger partial charge in [-0.1, -0.05) is 56.2 Å². The van der Waals surface area contributed by atoms with Crippen LogP contribution in [0.3, 0.4) is 0 Å². The summed E-state index contributed by atoms with van der Waals surface area (Å²) in [6.45, 7) is 2.17. The predicted octanol–water partition coefficient (Wildman–Crippen LogP) is 5.24. The van der Waals surface area contributed by atoms with Crippen LogP contribution in [0.1, 0.15) is 31.7 Å². The molecule has 2 rings (SSSR count). The summed E-state index contributed by atoms with van der Waals surface area (Å²) in [4.78, 5) is 13.1. The minimum atomic E-state index is -0.954. The van der Waals surface area contributed by atoms with E-state index >= 15 is 0 Å². The second kappa shape index (κ2) is 7.48. The molecule has 2 aromatic carbocycles. The van der Waals surface area contributed by atoms with Crippen molar-refractivity contribution in [2.45, 2.75) is 32.6 Å². The molecule has 1 amide bonds. The van der Waals surface area contributed by atoms with Gasteiger partial charge < -0.3 is 5.11 Å². The van der Waals surface area contributed by atoms with Gasteiger partial charge >= 0.3 is 6.09 Å². The van der Waals surface area contributed by atoms with E-state index in [9.17, 15) is 9.90 Å². The van der Waals surface area contributed by atoms with E-state index < -0.39 is 6.09 Å². The summed E-state index contributed by atoms with van der Waals surface area (Å²) in [5, 5.41) is 9.60. The maximum atomic E-state index is 11.7. The number of carboxylic acid groups (broad SMARTS) is 1. The van der Waals surface area contributed by atoms with Crippen LogP contribution in [-0.4, -0.2) is 11.2 Å². The van der Waals surface area contributed by atoms with Gasteiger partial charge in [-0.3, -0.25) is 0 Å². The monoisotopic (exact) mass is 283 g/mol. The lowest BCUT2D eigenvalue weighted by atomic mass is 10.0. The van der Waals surface area contributed by atoms with E-state index in [0.29, 0.717) is 5.69 Å². The zero-order valence-electron chi connectivity index (χ0n) is 12.3. The molecule has 0 radical (unpaired) electrons. The second-order valence-electron chi connectivity index (χ2n) is 5.04. The van der Waals surface area contributed by atoms with E-state index in [4.69, 9.17) is 0 Å². The van der Waals surface area contributed by atoms with Gasteiger partial charge in [-0.2, -0.15) is 0 Å². The highest BCUT2D eigenvalue weighted by Crippen LogP contribution is 2.29. The minimum absolute atomic E-state index is 0.674. The Kier molecular flexibility index (Phi) is 5.38. The molecule has 0 fully saturated rings. The number of benzene rings is 2. The molecule has 0 aromatic heterocycles. The van der Waals surface area contributed by atoms with E-state index in [1.165, 1.54) is 4.90 Å². The van der Waals surface area contributed by atoms with Crippen molar-refractivity contribution >= 4 is 17.5 Å². The Balaban J connectivity index is 2.35. The van der Waals surface area contributed by atoms with Crippen LogP contribution in [0.15, 0.2) is 54.6 Å². The molecule has 0 unspecified atom stereocenters. The number of para-hydroxylation sites is 2. The van der Waals surface area contributed by atoms with Gasteiger partial charge in [-0.25, -0.2) is 9.69 Å². The lowest BCUT2D eigenvalue weighted by Crippen LogP contribution is -2.24. The largest absolute Gasteiger partial charge is 0.464 e. The van der Waals surface area contributed by atoms with Crippen molar-refractivity contribution in [1.29, 1.82) is 0 Å². The average molecular weight is 283 g/mol. The van der Waals surface area contributed by atoms with Crippen molar-refractivity contribution in [3.63, 3.8) is 0 Å². The Morgan fingerprint density at radius 1 is 1.00 bits per heavy atom. The highest BCUT2D eigenvalue weighted by atomic mass is 16.4. The zero-order chi connectivity index (χ0) is 15.1. The molecule has 0 atom stereocenters. The molecule has 21 heavy (non-hydrogen) atoms. The number of nitrogens with zero attached hydrogens (tertiary/aromatic N) is 1. The van der Waals surface area contributed by atoms with Crippen LogP contribution in [0.25, 0.3) is 0 Å². The van der Waals surface area contributed by atoms with E-state index in [2.05, 4.69) is 6.92 Å². The number of unbranched alkanes of at least 4 members (excludes halogenated alkanes) is 2. The quantitative estimate of drug-likeness (QED) is 0.737. The highest BCUT2D eigenvalue weighted by Gasteiger charge is 2.19. The molecule has 3 heteroatoms. The van der Waals surface area contributed by atoms with Crippen molar-refractivity contribution in [3.8, 4) is 0 Å². The predicted molar refractivity (Wildman–Crippen MR) is 86.3 cm³/mol. The SMILES string of the molecule is CCCCCc1ccccc1N(C(=O)O)c1ccccc1. The van der Waals surface area contributed by atoms with Crippen LogP contribution >= 0.6 is 0 Å². The Bertz CT molecular complexity index is 581. The molecule has 0 saturated carbocycles. The van der Waals surface area contributed by atoms with Crippen molar-refractivity contribution in [2.75, 3.05) is 4.90 Å². The minimum Gasteiger partial charge on any atom is -0.464 e. The highest BCUT2D eigenvalue weighted by molar-refractivity contribution is 5.95. The first-order valence-electron chi connectivity index (χ1n) is 7.40. The van der Waals surface area contributed by atoms with E-state index in [1.54, 1.807) is 0 Å². The molecule has 0 aliphatic carbocycles. The van der Waals surface area contributed by atoms with E-state index in [0.717, 1.165) is 36.9 Å². The Labute approximate surface area is 125 Å². The third-order valence-corrected chi connectivity index (χ3v) is 3.49. The van der Waals surface area contributed by atoms with Crippen molar-refractivity contribution in [1.82, 2.24) is 0 Å².